The van der Waals surface area contributed by atoms with Gasteiger partial charge in [0.15, 0.2) is 5.69 Å². The Balaban J connectivity index is 3.25. The second-order valence-corrected chi connectivity index (χ2v) is 12.8. The van der Waals surface area contributed by atoms with E-state index in [4.69, 9.17) is 11.2 Å². The number of aliphatic hydroxyl groups excluding tert-OH is 1. The van der Waals surface area contributed by atoms with Crippen LogP contribution in [0, 0.1) is 17.8 Å². The molecule has 0 aliphatic carbocycles. The van der Waals surface area contributed by atoms with Crippen molar-refractivity contribution in [2.75, 3.05) is 14.1 Å². The number of nitrogens with zero attached hydrogens (tertiary/aromatic N) is 3. The van der Waals surface area contributed by atoms with Gasteiger partial charge in [0.25, 0.3) is 0 Å². The normalized spacial score (nSPS) is 16.0. The average molecular weight is 586 g/mol. The van der Waals surface area contributed by atoms with E-state index in [0.717, 1.165) is 16.2 Å². The number of nitrogens with one attached hydrogen (secondary N) is 1. The van der Waals surface area contributed by atoms with E-state index >= 15 is 0 Å². The second kappa shape index (κ2) is 14.8. The number of thiazole rings is 1. The molecule has 12 heteroatoms. The number of aromatic nitrogens is 1. The molecule has 1 rings (SSSR count). The maximum absolute atomic E-state index is 13.9. The lowest BCUT2D eigenvalue weighted by Gasteiger charge is -2.38. The number of carboxylic acids is 1. The van der Waals surface area contributed by atoms with Crippen molar-refractivity contribution in [1.82, 2.24) is 20.1 Å². The third-order valence-corrected chi connectivity index (χ3v) is 7.69. The Morgan fingerprint density at radius 2 is 1.73 bits per heavy atom. The number of rotatable bonds is 13. The zero-order valence-corrected chi connectivity index (χ0v) is 26.2. The summed E-state index contributed by atoms with van der Waals surface area (Å²) in [5.74, 6) is -2.82. The van der Waals surface area contributed by atoms with Crippen LogP contribution in [-0.2, 0) is 14.3 Å². The van der Waals surface area contributed by atoms with Gasteiger partial charge < -0.3 is 25.2 Å². The minimum Gasteiger partial charge on any atom is -0.476 e. The molecular formula is C28H48N4O7S. The minimum atomic E-state index is -1.19. The van der Waals surface area contributed by atoms with Gasteiger partial charge in [0.2, 0.25) is 11.8 Å². The van der Waals surface area contributed by atoms with E-state index in [1.807, 2.05) is 27.7 Å². The van der Waals surface area contributed by atoms with Crippen molar-refractivity contribution in [2.24, 2.45) is 17.8 Å². The molecule has 228 valence electrons. The van der Waals surface area contributed by atoms with Crippen LogP contribution in [0.4, 0.5) is 4.79 Å². The first-order valence-electron chi connectivity index (χ1n) is 14.3. The van der Waals surface area contributed by atoms with Gasteiger partial charge >= 0.3 is 12.1 Å². The first-order valence-corrected chi connectivity index (χ1v) is 14.5. The fourth-order valence-corrected chi connectivity index (χ4v) is 5.08. The molecule has 0 aromatic carbocycles. The molecule has 1 heterocycles. The molecule has 11 nitrogen and oxygen atoms in total. The molecule has 1 aromatic rings. The number of aliphatic hydroxyl groups is 1. The molecule has 0 aliphatic rings. The molecule has 0 unspecified atom stereocenters. The summed E-state index contributed by atoms with van der Waals surface area (Å²) < 4.78 is 13.4. The van der Waals surface area contributed by atoms with Crippen LogP contribution in [0.3, 0.4) is 0 Å². The highest BCUT2D eigenvalue weighted by atomic mass is 32.1. The topological polar surface area (TPSA) is 149 Å². The second-order valence-electron chi connectivity index (χ2n) is 11.9. The molecule has 40 heavy (non-hydrogen) atoms. The third kappa shape index (κ3) is 9.72. The molecule has 1 aromatic heterocycles. The van der Waals surface area contributed by atoms with E-state index in [1.54, 1.807) is 41.7 Å². The van der Waals surface area contributed by atoms with E-state index in [2.05, 4.69) is 10.3 Å². The monoisotopic (exact) mass is 585 g/mol. The number of hydrogen-bond donors (Lipinski definition) is 3. The average Bonchev–Trinajstić information content (AvgIpc) is 3.36. The van der Waals surface area contributed by atoms with Gasteiger partial charge in [-0.15, -0.1) is 11.3 Å². The van der Waals surface area contributed by atoms with Gasteiger partial charge in [0.05, 0.1) is 0 Å². The van der Waals surface area contributed by atoms with Crippen LogP contribution in [0.5, 0.6) is 0 Å². The maximum atomic E-state index is 13.9. The van der Waals surface area contributed by atoms with Crippen molar-refractivity contribution in [3.63, 3.8) is 0 Å². The van der Waals surface area contributed by atoms with E-state index in [-0.39, 0.29) is 40.8 Å². The van der Waals surface area contributed by atoms with Gasteiger partial charge in [-0.05, 0) is 38.5 Å². The quantitative estimate of drug-likeness (QED) is 0.312. The van der Waals surface area contributed by atoms with Crippen LogP contribution in [0.1, 0.15) is 98.1 Å². The van der Waals surface area contributed by atoms with E-state index < -0.39 is 54.8 Å². The summed E-state index contributed by atoms with van der Waals surface area (Å²) in [6.07, 6.45) is -1.17. The molecule has 3 N–H and O–H groups in total. The Kier molecular flexibility index (Phi) is 12.4. The number of carboxylic acid groups (broad SMARTS) is 1. The predicted octanol–water partition coefficient (Wildman–Crippen LogP) is 4.17. The Bertz CT molecular complexity index is 1040. The summed E-state index contributed by atoms with van der Waals surface area (Å²) in [7, 11) is 1.11. The fraction of sp³-hybridized carbons (Fsp3) is 0.750. The summed E-state index contributed by atoms with van der Waals surface area (Å²) in [6, 6.07) is -2.42. The Labute approximate surface area is 243 Å². The van der Waals surface area contributed by atoms with Gasteiger partial charge in [0, 0.05) is 33.3 Å². The maximum Gasteiger partial charge on any atom is 0.410 e. The van der Waals surface area contributed by atoms with Gasteiger partial charge in [0.1, 0.15) is 28.8 Å². The van der Waals surface area contributed by atoms with E-state index in [1.165, 1.54) is 10.3 Å². The van der Waals surface area contributed by atoms with Crippen molar-refractivity contribution in [3.05, 3.63) is 16.1 Å². The first kappa shape index (κ1) is 33.5. The lowest BCUT2D eigenvalue weighted by Crippen LogP contribution is -2.59. The Morgan fingerprint density at radius 1 is 1.12 bits per heavy atom. The number of amides is 3. The lowest BCUT2D eigenvalue weighted by atomic mass is 9.92. The molecule has 0 radical (unpaired) electrons. The van der Waals surface area contributed by atoms with Crippen molar-refractivity contribution in [3.8, 4) is 0 Å². The summed E-state index contributed by atoms with van der Waals surface area (Å²) in [6.45, 7) is 16.2. The summed E-state index contributed by atoms with van der Waals surface area (Å²) in [5, 5.41) is 24.5. The Hall–Kier alpha value is -2.73. The summed E-state index contributed by atoms with van der Waals surface area (Å²) >= 11 is 1.04. The van der Waals surface area contributed by atoms with Crippen LogP contribution < -0.4 is 5.32 Å². The molecule has 0 fully saturated rings. The lowest BCUT2D eigenvalue weighted by molar-refractivity contribution is -0.141. The van der Waals surface area contributed by atoms with E-state index in [0.29, 0.717) is 6.42 Å². The number of aromatic carboxylic acids is 1. The van der Waals surface area contributed by atoms with Crippen LogP contribution in [0.2, 0.25) is 0 Å². The molecule has 0 aliphatic heterocycles. The number of carbonyl (C=O) groups is 4. The highest BCUT2D eigenvalue weighted by molar-refractivity contribution is 7.09. The van der Waals surface area contributed by atoms with Crippen molar-refractivity contribution in [1.29, 1.82) is 0 Å². The van der Waals surface area contributed by atoms with Crippen molar-refractivity contribution < 1.29 is 35.5 Å². The largest absolute Gasteiger partial charge is 0.476 e. The molecule has 0 bridgehead atoms. The smallest absolute Gasteiger partial charge is 0.410 e. The predicted molar refractivity (Wildman–Crippen MR) is 154 cm³/mol. The van der Waals surface area contributed by atoms with Gasteiger partial charge in [-0.1, -0.05) is 48.0 Å². The fourth-order valence-electron chi connectivity index (χ4n) is 4.29. The zero-order valence-electron chi connectivity index (χ0n) is 26.4. The Morgan fingerprint density at radius 3 is 2.15 bits per heavy atom. The van der Waals surface area contributed by atoms with Crippen LogP contribution in [0.25, 0.3) is 0 Å². The number of ether oxygens (including phenoxy) is 1. The number of carbonyl (C=O) groups excluding carboxylic acids is 3. The zero-order chi connectivity index (χ0) is 31.8. The van der Waals surface area contributed by atoms with Crippen LogP contribution >= 0.6 is 11.3 Å². The number of likely N-dealkylation sites (N-methyl/N-ethyl adjacent to an activating group) is 2. The van der Waals surface area contributed by atoms with Gasteiger partial charge in [-0.3, -0.25) is 14.5 Å². The SMILES string of the molecule is [2H]CN(C(=O)OC(C)(C)C)[C@H](C(=O)N[C@H](C(=O)N(C)[C@H](C[C@@H](O)c1nc(C(=O)O)cs1)C(C)C)[C@@H](C)CC)C(C)C. The molecular weight excluding hydrogens is 536 g/mol. The van der Waals surface area contributed by atoms with Gasteiger partial charge in [-0.2, -0.15) is 0 Å². The molecule has 0 saturated heterocycles. The summed E-state index contributed by atoms with van der Waals surface area (Å²) in [5.41, 5.74) is -0.966. The van der Waals surface area contributed by atoms with Crippen LogP contribution in [-0.4, -0.2) is 86.7 Å². The molecule has 5 atom stereocenters. The molecule has 0 saturated carbocycles. The highest BCUT2D eigenvalue weighted by Gasteiger charge is 2.38. The van der Waals surface area contributed by atoms with E-state index in [9.17, 15) is 24.3 Å². The first-order chi connectivity index (χ1) is 18.9. The standard InChI is InChI=1S/C28H48N4O7S/c1-12-17(6)21(30-23(34)22(16(4)5)32(11)27(38)39-28(7,8)9)25(35)31(10)19(15(2)3)13-20(33)24-29-18(14-40-24)26(36)37/h14-17,19-22,33H,12-13H2,1-11H3,(H,30,34)(H,36,37)/t17-,19+,20+,21-,22-/m0/s1/i11D. The summed E-state index contributed by atoms with van der Waals surface area (Å²) in [4.78, 5) is 58.1. The molecule has 3 amide bonds. The minimum absolute atomic E-state index is 0.0832. The number of hydrogen-bond acceptors (Lipinski definition) is 8. The van der Waals surface area contributed by atoms with Gasteiger partial charge in [-0.25, -0.2) is 14.6 Å². The third-order valence-electron chi connectivity index (χ3n) is 6.75. The molecule has 0 spiro atoms. The van der Waals surface area contributed by atoms with Crippen LogP contribution in [0.15, 0.2) is 5.38 Å². The highest BCUT2D eigenvalue weighted by Crippen LogP contribution is 2.28. The van der Waals surface area contributed by atoms with Crippen molar-refractivity contribution >= 4 is 35.2 Å². The van der Waals surface area contributed by atoms with Crippen molar-refractivity contribution in [2.45, 2.75) is 105 Å².